The predicted molar refractivity (Wildman–Crippen MR) is 91.8 cm³/mol. The number of carbonyl (C=O) groups is 1. The number of alkyl halides is 2. The third kappa shape index (κ3) is 3.36. The van der Waals surface area contributed by atoms with Crippen LogP contribution < -0.4 is 5.32 Å². The van der Waals surface area contributed by atoms with E-state index in [1.807, 2.05) is 4.90 Å². The first-order valence-electron chi connectivity index (χ1n) is 8.93. The molecule has 1 aromatic rings. The lowest BCUT2D eigenvalue weighted by Gasteiger charge is -2.45. The molecule has 1 aromatic heterocycles. The summed E-state index contributed by atoms with van der Waals surface area (Å²) in [6.45, 7) is 8.47. The molecule has 3 heterocycles. The van der Waals surface area contributed by atoms with E-state index in [0.717, 1.165) is 25.9 Å². The summed E-state index contributed by atoms with van der Waals surface area (Å²) < 4.78 is 27.9. The number of aryl methyl sites for hydroxylation is 1. The van der Waals surface area contributed by atoms with Crippen LogP contribution in [0.25, 0.3) is 0 Å². The maximum Gasteiger partial charge on any atom is 0.322 e. The summed E-state index contributed by atoms with van der Waals surface area (Å²) in [6, 6.07) is 0.162. The van der Waals surface area contributed by atoms with Crippen LogP contribution in [-0.2, 0) is 7.05 Å². The lowest BCUT2D eigenvalue weighted by atomic mass is 9.98. The summed E-state index contributed by atoms with van der Waals surface area (Å²) in [4.78, 5) is 17.2. The minimum atomic E-state index is -2.72. The first-order valence-corrected chi connectivity index (χ1v) is 8.93. The number of nitrogens with one attached hydrogen (secondary N) is 1. The van der Waals surface area contributed by atoms with Gasteiger partial charge in [0.25, 0.3) is 6.43 Å². The van der Waals surface area contributed by atoms with Gasteiger partial charge in [0, 0.05) is 32.2 Å². The molecule has 0 aromatic carbocycles. The average Bonchev–Trinajstić information content (AvgIpc) is 3.12. The van der Waals surface area contributed by atoms with Crippen molar-refractivity contribution >= 4 is 11.7 Å². The Hall–Kier alpha value is -1.70. The van der Waals surface area contributed by atoms with Gasteiger partial charge in [-0.15, -0.1) is 0 Å². The van der Waals surface area contributed by atoms with Crippen LogP contribution in [0.1, 0.15) is 44.5 Å². The van der Waals surface area contributed by atoms with Gasteiger partial charge in [-0.1, -0.05) is 13.8 Å². The third-order valence-electron chi connectivity index (χ3n) is 5.56. The van der Waals surface area contributed by atoms with Crippen molar-refractivity contribution < 1.29 is 13.6 Å². The normalized spacial score (nSPS) is 24.2. The topological polar surface area (TPSA) is 53.4 Å². The van der Waals surface area contributed by atoms with Gasteiger partial charge in [0.1, 0.15) is 0 Å². The van der Waals surface area contributed by atoms with Crippen LogP contribution >= 0.6 is 0 Å². The molecule has 2 atom stereocenters. The lowest BCUT2D eigenvalue weighted by Crippen LogP contribution is -2.60. The van der Waals surface area contributed by atoms with Crippen molar-refractivity contribution in [2.24, 2.45) is 13.0 Å². The van der Waals surface area contributed by atoms with Gasteiger partial charge in [-0.25, -0.2) is 13.6 Å². The summed E-state index contributed by atoms with van der Waals surface area (Å²) >= 11 is 0. The number of rotatable bonds is 3. The van der Waals surface area contributed by atoms with Gasteiger partial charge in [0.05, 0.1) is 11.4 Å². The number of nitrogens with zero attached hydrogens (tertiary/aromatic N) is 4. The molecule has 0 aliphatic carbocycles. The molecular weight excluding hydrogens is 328 g/mol. The molecule has 0 bridgehead atoms. The maximum atomic E-state index is 13.2. The Kier molecular flexibility index (Phi) is 4.99. The Morgan fingerprint density at radius 2 is 2.04 bits per heavy atom. The second kappa shape index (κ2) is 6.90. The minimum absolute atomic E-state index is 0.0846. The number of halogens is 2. The first kappa shape index (κ1) is 18.1. The highest BCUT2D eigenvalue weighted by Crippen LogP contribution is 2.31. The largest absolute Gasteiger partial charge is 0.322 e. The number of fused-ring (bicyclic) bond motifs is 1. The molecule has 2 fully saturated rings. The predicted octanol–water partition coefficient (Wildman–Crippen LogP) is 3.00. The number of carbonyl (C=O) groups excluding carboxylic acids is 1. The summed E-state index contributed by atoms with van der Waals surface area (Å²) in [6.07, 6.45) is -0.479. The molecule has 2 saturated heterocycles. The molecule has 0 unspecified atom stereocenters. The molecule has 6 nitrogen and oxygen atoms in total. The first-order chi connectivity index (χ1) is 11.8. The van der Waals surface area contributed by atoms with Crippen LogP contribution in [0.3, 0.4) is 0 Å². The van der Waals surface area contributed by atoms with Crippen molar-refractivity contribution in [3.63, 3.8) is 0 Å². The van der Waals surface area contributed by atoms with Gasteiger partial charge >= 0.3 is 6.03 Å². The van der Waals surface area contributed by atoms with Gasteiger partial charge in [0.2, 0.25) is 0 Å². The van der Waals surface area contributed by atoms with E-state index < -0.39 is 6.43 Å². The molecule has 0 saturated carbocycles. The van der Waals surface area contributed by atoms with Crippen molar-refractivity contribution in [1.29, 1.82) is 0 Å². The van der Waals surface area contributed by atoms with Gasteiger partial charge in [-0.2, -0.15) is 5.10 Å². The smallest absolute Gasteiger partial charge is 0.318 e. The molecule has 1 N–H and O–H groups in total. The molecule has 2 aliphatic heterocycles. The zero-order valence-electron chi connectivity index (χ0n) is 15.3. The standard InChI is InChI=1S/C17H27F2N5O/c1-10(2)13-9-23-7-5-6-12(23)8-24(13)17(25)20-14-11(3)22(4)21-15(14)16(18)19/h10,12-13,16H,5-9H2,1-4H3,(H,20,25)/t12-,13-/m0/s1. The molecule has 25 heavy (non-hydrogen) atoms. The lowest BCUT2D eigenvalue weighted by molar-refractivity contribution is 0.0579. The average molecular weight is 355 g/mol. The molecule has 8 heteroatoms. The second-order valence-electron chi connectivity index (χ2n) is 7.45. The highest BCUT2D eigenvalue weighted by atomic mass is 19.3. The van der Waals surface area contributed by atoms with Crippen molar-refractivity contribution in [3.8, 4) is 0 Å². The molecule has 2 aliphatic rings. The third-order valence-corrected chi connectivity index (χ3v) is 5.56. The van der Waals surface area contributed by atoms with Crippen LogP contribution in [-0.4, -0.2) is 57.3 Å². The Bertz CT molecular complexity index is 645. The summed E-state index contributed by atoms with van der Waals surface area (Å²) in [7, 11) is 1.60. The number of hydrogen-bond acceptors (Lipinski definition) is 3. The van der Waals surface area contributed by atoms with Gasteiger partial charge in [0.15, 0.2) is 5.69 Å². The number of piperazine rings is 1. The Labute approximate surface area is 147 Å². The van der Waals surface area contributed by atoms with Crippen LogP contribution in [0.5, 0.6) is 0 Å². The number of amides is 2. The Morgan fingerprint density at radius 1 is 1.32 bits per heavy atom. The van der Waals surface area contributed by atoms with Crippen LogP contribution in [0.2, 0.25) is 0 Å². The van der Waals surface area contributed by atoms with Crippen molar-refractivity contribution in [2.75, 3.05) is 25.0 Å². The van der Waals surface area contributed by atoms with Crippen molar-refractivity contribution in [2.45, 2.75) is 52.1 Å². The number of hydrogen-bond donors (Lipinski definition) is 1. The van der Waals surface area contributed by atoms with E-state index in [2.05, 4.69) is 29.2 Å². The maximum absolute atomic E-state index is 13.2. The van der Waals surface area contributed by atoms with E-state index >= 15 is 0 Å². The Balaban J connectivity index is 1.82. The van der Waals surface area contributed by atoms with E-state index in [0.29, 0.717) is 24.2 Å². The van der Waals surface area contributed by atoms with Gasteiger partial charge in [-0.3, -0.25) is 9.58 Å². The fourth-order valence-electron chi connectivity index (χ4n) is 3.97. The quantitative estimate of drug-likeness (QED) is 0.907. The summed E-state index contributed by atoms with van der Waals surface area (Å²) in [5.74, 6) is 0.303. The molecule has 0 spiro atoms. The van der Waals surface area contributed by atoms with E-state index in [-0.39, 0.29) is 23.5 Å². The fourth-order valence-corrected chi connectivity index (χ4v) is 3.97. The molecular formula is C17H27F2N5O. The monoisotopic (exact) mass is 355 g/mol. The number of anilines is 1. The molecule has 3 rings (SSSR count). The van der Waals surface area contributed by atoms with Crippen LogP contribution in [0.15, 0.2) is 0 Å². The SMILES string of the molecule is Cc1c(NC(=O)N2C[C@@H]3CCCN3C[C@H]2C(C)C)c(C(F)F)nn1C. The minimum Gasteiger partial charge on any atom is -0.318 e. The fraction of sp³-hybridized carbons (Fsp3) is 0.765. The number of urea groups is 1. The highest BCUT2D eigenvalue weighted by molar-refractivity contribution is 5.91. The van der Waals surface area contributed by atoms with Gasteiger partial charge < -0.3 is 10.2 Å². The Morgan fingerprint density at radius 3 is 2.68 bits per heavy atom. The summed E-state index contributed by atoms with van der Waals surface area (Å²) in [5, 5.41) is 6.56. The number of aromatic nitrogens is 2. The van der Waals surface area contributed by atoms with E-state index in [9.17, 15) is 13.6 Å². The van der Waals surface area contributed by atoms with Crippen molar-refractivity contribution in [1.82, 2.24) is 19.6 Å². The van der Waals surface area contributed by atoms with E-state index in [4.69, 9.17) is 0 Å². The highest BCUT2D eigenvalue weighted by Gasteiger charge is 2.40. The van der Waals surface area contributed by atoms with Gasteiger partial charge in [-0.05, 0) is 32.2 Å². The van der Waals surface area contributed by atoms with E-state index in [1.165, 1.54) is 4.68 Å². The zero-order chi connectivity index (χ0) is 18.3. The molecule has 0 radical (unpaired) electrons. The van der Waals surface area contributed by atoms with Crippen LogP contribution in [0.4, 0.5) is 19.3 Å². The molecule has 2 amide bonds. The molecule has 140 valence electrons. The van der Waals surface area contributed by atoms with E-state index in [1.54, 1.807) is 14.0 Å². The zero-order valence-corrected chi connectivity index (χ0v) is 15.3. The second-order valence-corrected chi connectivity index (χ2v) is 7.45. The van der Waals surface area contributed by atoms with Crippen LogP contribution in [0, 0.1) is 12.8 Å². The van der Waals surface area contributed by atoms with Crippen molar-refractivity contribution in [3.05, 3.63) is 11.4 Å². The summed E-state index contributed by atoms with van der Waals surface area (Å²) in [5.41, 5.74) is 0.303.